The highest BCUT2D eigenvalue weighted by atomic mass is 16.3. The van der Waals surface area contributed by atoms with Crippen molar-refractivity contribution in [2.75, 3.05) is 17.2 Å². The number of rotatable bonds is 3. The summed E-state index contributed by atoms with van der Waals surface area (Å²) in [5.74, 6) is 1.44. The molecule has 0 amide bonds. The summed E-state index contributed by atoms with van der Waals surface area (Å²) in [5.41, 5.74) is 8.04. The minimum atomic E-state index is -0.375. The minimum Gasteiger partial charge on any atom is -0.391 e. The first kappa shape index (κ1) is 14.1. The van der Waals surface area contributed by atoms with Crippen LogP contribution in [0.15, 0.2) is 12.3 Å². The van der Waals surface area contributed by atoms with Crippen LogP contribution in [0.2, 0.25) is 0 Å². The number of aryl methyl sites for hydroxylation is 1. The molecule has 0 bridgehead atoms. The Kier molecular flexibility index (Phi) is 3.71. The van der Waals surface area contributed by atoms with Gasteiger partial charge in [-0.25, -0.2) is 4.98 Å². The van der Waals surface area contributed by atoms with Crippen molar-refractivity contribution in [2.24, 2.45) is 0 Å². The summed E-state index contributed by atoms with van der Waals surface area (Å²) < 4.78 is 1.68. The smallest absolute Gasteiger partial charge is 0.162 e. The van der Waals surface area contributed by atoms with Crippen LogP contribution in [0, 0.1) is 0 Å². The monoisotopic (exact) mass is 289 g/mol. The van der Waals surface area contributed by atoms with Crippen molar-refractivity contribution >= 4 is 17.3 Å². The van der Waals surface area contributed by atoms with Gasteiger partial charge in [-0.1, -0.05) is 6.92 Å². The van der Waals surface area contributed by atoms with Crippen molar-refractivity contribution in [3.8, 4) is 0 Å². The van der Waals surface area contributed by atoms with Gasteiger partial charge in [-0.05, 0) is 32.6 Å². The van der Waals surface area contributed by atoms with E-state index in [-0.39, 0.29) is 12.1 Å². The summed E-state index contributed by atoms with van der Waals surface area (Å²) >= 11 is 0. The van der Waals surface area contributed by atoms with E-state index < -0.39 is 0 Å². The fourth-order valence-corrected chi connectivity index (χ4v) is 3.16. The van der Waals surface area contributed by atoms with Gasteiger partial charge in [0.05, 0.1) is 18.3 Å². The van der Waals surface area contributed by atoms with Crippen LogP contribution in [0.25, 0.3) is 5.65 Å². The Morgan fingerprint density at radius 3 is 3.00 bits per heavy atom. The Labute approximate surface area is 124 Å². The van der Waals surface area contributed by atoms with Gasteiger partial charge >= 0.3 is 0 Å². The van der Waals surface area contributed by atoms with Gasteiger partial charge in [0.1, 0.15) is 11.6 Å². The second kappa shape index (κ2) is 5.52. The first-order chi connectivity index (χ1) is 10.1. The zero-order valence-corrected chi connectivity index (χ0v) is 12.7. The summed E-state index contributed by atoms with van der Waals surface area (Å²) in [6.45, 7) is 4.84. The van der Waals surface area contributed by atoms with E-state index in [2.05, 4.69) is 16.9 Å². The molecule has 0 aliphatic carbocycles. The van der Waals surface area contributed by atoms with E-state index >= 15 is 0 Å². The van der Waals surface area contributed by atoms with E-state index in [1.54, 1.807) is 4.52 Å². The molecule has 3 heterocycles. The lowest BCUT2D eigenvalue weighted by atomic mass is 9.98. The molecule has 3 N–H and O–H groups in total. The lowest BCUT2D eigenvalue weighted by Crippen LogP contribution is -2.46. The largest absolute Gasteiger partial charge is 0.391 e. The fourth-order valence-electron chi connectivity index (χ4n) is 3.16. The lowest BCUT2D eigenvalue weighted by molar-refractivity contribution is 0.145. The number of piperidine rings is 1. The van der Waals surface area contributed by atoms with Gasteiger partial charge in [-0.3, -0.25) is 0 Å². The van der Waals surface area contributed by atoms with E-state index in [1.165, 1.54) is 0 Å². The van der Waals surface area contributed by atoms with Crippen LogP contribution in [0.5, 0.6) is 0 Å². The molecule has 2 aromatic heterocycles. The molecule has 3 rings (SSSR count). The Morgan fingerprint density at radius 2 is 2.29 bits per heavy atom. The maximum absolute atomic E-state index is 10.0. The lowest BCUT2D eigenvalue weighted by Gasteiger charge is -2.38. The van der Waals surface area contributed by atoms with Crippen molar-refractivity contribution < 1.29 is 5.11 Å². The van der Waals surface area contributed by atoms with E-state index in [0.717, 1.165) is 49.3 Å². The molecule has 21 heavy (non-hydrogen) atoms. The number of aliphatic hydroxyl groups is 1. The Balaban J connectivity index is 2.06. The van der Waals surface area contributed by atoms with Gasteiger partial charge in [0.15, 0.2) is 5.65 Å². The maximum atomic E-state index is 10.0. The van der Waals surface area contributed by atoms with Gasteiger partial charge in [-0.2, -0.15) is 9.61 Å². The number of fused-ring (bicyclic) bond motifs is 1. The molecule has 0 radical (unpaired) electrons. The molecule has 6 heteroatoms. The minimum absolute atomic E-state index is 0.112. The average molecular weight is 289 g/mol. The third kappa shape index (κ3) is 2.44. The molecule has 0 saturated carbocycles. The number of hydrogen-bond acceptors (Lipinski definition) is 5. The number of aliphatic hydroxyl groups excluding tert-OH is 1. The van der Waals surface area contributed by atoms with E-state index in [1.807, 2.05) is 19.2 Å². The highest BCUT2D eigenvalue weighted by molar-refractivity contribution is 5.60. The second-order valence-corrected chi connectivity index (χ2v) is 5.80. The molecule has 1 saturated heterocycles. The molecule has 6 nitrogen and oxygen atoms in total. The highest BCUT2D eigenvalue weighted by Crippen LogP contribution is 2.27. The summed E-state index contributed by atoms with van der Waals surface area (Å²) in [7, 11) is 0. The molecular weight excluding hydrogens is 266 g/mol. The fraction of sp³-hybridized carbons (Fsp3) is 0.600. The van der Waals surface area contributed by atoms with Crippen molar-refractivity contribution in [1.82, 2.24) is 14.6 Å². The van der Waals surface area contributed by atoms with Crippen LogP contribution in [0.1, 0.15) is 38.7 Å². The van der Waals surface area contributed by atoms with Crippen molar-refractivity contribution in [3.63, 3.8) is 0 Å². The molecule has 0 aromatic carbocycles. The molecule has 0 spiro atoms. The van der Waals surface area contributed by atoms with Crippen LogP contribution in [-0.4, -0.2) is 38.4 Å². The Morgan fingerprint density at radius 1 is 1.48 bits per heavy atom. The second-order valence-electron chi connectivity index (χ2n) is 5.80. The zero-order chi connectivity index (χ0) is 15.0. The predicted molar refractivity (Wildman–Crippen MR) is 83.4 cm³/mol. The van der Waals surface area contributed by atoms with Gasteiger partial charge in [-0.15, -0.1) is 0 Å². The van der Waals surface area contributed by atoms with Crippen LogP contribution >= 0.6 is 0 Å². The van der Waals surface area contributed by atoms with Gasteiger partial charge in [0.2, 0.25) is 0 Å². The SMILES string of the molecule is CCc1cnn2c(N)cc(N3CCCCC3C(C)O)nc12. The standard InChI is InChI=1S/C15H23N5O/c1-3-11-9-17-20-13(16)8-14(18-15(11)20)19-7-5-4-6-12(19)10(2)21/h8-10,12,21H,3-7,16H2,1-2H3. The molecule has 2 atom stereocenters. The van der Waals surface area contributed by atoms with Crippen LogP contribution in [-0.2, 0) is 6.42 Å². The van der Waals surface area contributed by atoms with Crippen LogP contribution in [0.3, 0.4) is 0 Å². The quantitative estimate of drug-likeness (QED) is 0.897. The number of nitrogens with two attached hydrogens (primary N) is 1. The first-order valence-corrected chi connectivity index (χ1v) is 7.69. The van der Waals surface area contributed by atoms with Crippen LogP contribution < -0.4 is 10.6 Å². The highest BCUT2D eigenvalue weighted by Gasteiger charge is 2.28. The summed E-state index contributed by atoms with van der Waals surface area (Å²) in [5, 5.41) is 14.3. The predicted octanol–water partition coefficient (Wildman–Crippen LogP) is 1.61. The van der Waals surface area contributed by atoms with E-state index in [4.69, 9.17) is 10.7 Å². The van der Waals surface area contributed by atoms with Gasteiger partial charge in [0.25, 0.3) is 0 Å². The Bertz CT molecular complexity index is 636. The molecule has 1 fully saturated rings. The number of nitrogens with zero attached hydrogens (tertiary/aromatic N) is 4. The first-order valence-electron chi connectivity index (χ1n) is 7.69. The molecule has 114 valence electrons. The zero-order valence-electron chi connectivity index (χ0n) is 12.7. The normalized spacial score (nSPS) is 20.9. The number of aromatic nitrogens is 3. The van der Waals surface area contributed by atoms with Crippen molar-refractivity contribution in [2.45, 2.75) is 51.7 Å². The molecule has 1 aliphatic heterocycles. The topological polar surface area (TPSA) is 79.7 Å². The molecule has 1 aliphatic rings. The summed E-state index contributed by atoms with van der Waals surface area (Å²) in [6.07, 6.45) is 5.58. The van der Waals surface area contributed by atoms with E-state index in [0.29, 0.717) is 5.82 Å². The van der Waals surface area contributed by atoms with E-state index in [9.17, 15) is 5.11 Å². The molecule has 2 aromatic rings. The number of hydrogen-bond donors (Lipinski definition) is 2. The van der Waals surface area contributed by atoms with Gasteiger partial charge < -0.3 is 15.7 Å². The third-order valence-electron chi connectivity index (χ3n) is 4.34. The van der Waals surface area contributed by atoms with Crippen molar-refractivity contribution in [3.05, 3.63) is 17.8 Å². The molecular formula is C15H23N5O. The van der Waals surface area contributed by atoms with Crippen molar-refractivity contribution in [1.29, 1.82) is 0 Å². The average Bonchev–Trinajstić information content (AvgIpc) is 2.90. The molecule has 2 unspecified atom stereocenters. The number of anilines is 2. The maximum Gasteiger partial charge on any atom is 0.162 e. The van der Waals surface area contributed by atoms with Gasteiger partial charge in [0, 0.05) is 18.2 Å². The number of nitrogen functional groups attached to an aromatic ring is 1. The van der Waals surface area contributed by atoms with Crippen LogP contribution in [0.4, 0.5) is 11.6 Å². The Hall–Kier alpha value is -1.82. The summed E-state index contributed by atoms with van der Waals surface area (Å²) in [6, 6.07) is 1.97. The third-order valence-corrected chi connectivity index (χ3v) is 4.34. The summed E-state index contributed by atoms with van der Waals surface area (Å²) in [4.78, 5) is 6.95.